The van der Waals surface area contributed by atoms with E-state index in [9.17, 15) is 4.79 Å². The van der Waals surface area contributed by atoms with Crippen LogP contribution in [-0.4, -0.2) is 24.6 Å². The molecule has 0 spiro atoms. The van der Waals surface area contributed by atoms with Gasteiger partial charge in [0.05, 0.1) is 17.9 Å². The molecule has 1 aromatic carbocycles. The summed E-state index contributed by atoms with van der Waals surface area (Å²) >= 11 is 1.65. The van der Waals surface area contributed by atoms with Crippen LogP contribution in [-0.2, 0) is 9.53 Å². The van der Waals surface area contributed by atoms with Gasteiger partial charge in [-0.2, -0.15) is 0 Å². The van der Waals surface area contributed by atoms with Gasteiger partial charge in [0.25, 0.3) is 0 Å². The summed E-state index contributed by atoms with van der Waals surface area (Å²) < 4.78 is 4.92. The normalized spacial score (nSPS) is 17.6. The zero-order valence-electron chi connectivity index (χ0n) is 10.7. The molecule has 0 saturated carbocycles. The molecule has 1 aromatic rings. The van der Waals surface area contributed by atoms with E-state index >= 15 is 0 Å². The van der Waals surface area contributed by atoms with Crippen LogP contribution in [0.5, 0.6) is 0 Å². The molecule has 0 bridgehead atoms. The Labute approximate surface area is 116 Å². The van der Waals surface area contributed by atoms with Crippen LogP contribution in [0, 0.1) is 0 Å². The van der Waals surface area contributed by atoms with Gasteiger partial charge in [0.1, 0.15) is 5.50 Å². The van der Waals surface area contributed by atoms with Gasteiger partial charge in [-0.05, 0) is 19.1 Å². The van der Waals surface area contributed by atoms with Crippen LogP contribution in [0.2, 0.25) is 0 Å². The van der Waals surface area contributed by atoms with E-state index in [2.05, 4.69) is 10.6 Å². The molecule has 102 valence electrons. The van der Waals surface area contributed by atoms with E-state index in [0.717, 1.165) is 5.69 Å². The Balaban J connectivity index is 1.94. The van der Waals surface area contributed by atoms with Crippen LogP contribution in [0.3, 0.4) is 0 Å². The number of thioether (sulfide) groups is 1. The molecule has 6 heteroatoms. The molecular weight excluding hydrogens is 262 g/mol. The van der Waals surface area contributed by atoms with Crippen molar-refractivity contribution in [2.24, 2.45) is 5.73 Å². The SMILES string of the molecule is CCOC(=O)/C(=C/NC1Nc2ccccc2S1)CN. The first kappa shape index (κ1) is 13.8. The van der Waals surface area contributed by atoms with Gasteiger partial charge in [-0.1, -0.05) is 23.9 Å². The van der Waals surface area contributed by atoms with Gasteiger partial charge in [-0.3, -0.25) is 0 Å². The molecule has 1 heterocycles. The fourth-order valence-electron chi connectivity index (χ4n) is 1.66. The monoisotopic (exact) mass is 279 g/mol. The van der Waals surface area contributed by atoms with E-state index in [1.54, 1.807) is 24.9 Å². The Bertz CT molecular complexity index is 466. The second-order valence-electron chi connectivity index (χ2n) is 3.90. The molecule has 4 N–H and O–H groups in total. The van der Waals surface area contributed by atoms with Crippen molar-refractivity contribution in [1.82, 2.24) is 5.32 Å². The minimum absolute atomic E-state index is 0.00613. The highest BCUT2D eigenvalue weighted by molar-refractivity contribution is 8.00. The summed E-state index contributed by atoms with van der Waals surface area (Å²) in [4.78, 5) is 12.7. The van der Waals surface area contributed by atoms with Crippen LogP contribution in [0.4, 0.5) is 5.69 Å². The topological polar surface area (TPSA) is 76.4 Å². The molecule has 1 atom stereocenters. The lowest BCUT2D eigenvalue weighted by Gasteiger charge is -2.12. The molecule has 5 nitrogen and oxygen atoms in total. The summed E-state index contributed by atoms with van der Waals surface area (Å²) in [5.41, 5.74) is 7.05. The van der Waals surface area contributed by atoms with Gasteiger partial charge >= 0.3 is 5.97 Å². The Morgan fingerprint density at radius 3 is 3.05 bits per heavy atom. The highest BCUT2D eigenvalue weighted by Gasteiger charge is 2.19. The number of carbonyl (C=O) groups excluding carboxylic acids is 1. The highest BCUT2D eigenvalue weighted by atomic mass is 32.2. The number of esters is 1. The van der Waals surface area contributed by atoms with Crippen molar-refractivity contribution in [2.45, 2.75) is 17.3 Å². The van der Waals surface area contributed by atoms with E-state index in [-0.39, 0.29) is 18.0 Å². The van der Waals surface area contributed by atoms with Gasteiger partial charge in [0, 0.05) is 17.6 Å². The summed E-state index contributed by atoms with van der Waals surface area (Å²) in [6.07, 6.45) is 1.62. The molecule has 0 amide bonds. The third-order valence-corrected chi connectivity index (χ3v) is 3.68. The van der Waals surface area contributed by atoms with Crippen molar-refractivity contribution in [3.63, 3.8) is 0 Å². The van der Waals surface area contributed by atoms with Gasteiger partial charge in [-0.15, -0.1) is 0 Å². The zero-order chi connectivity index (χ0) is 13.7. The Hall–Kier alpha value is -1.66. The number of para-hydroxylation sites is 1. The van der Waals surface area contributed by atoms with E-state index in [4.69, 9.17) is 10.5 Å². The van der Waals surface area contributed by atoms with Crippen molar-refractivity contribution in [3.8, 4) is 0 Å². The number of hydrogen-bond acceptors (Lipinski definition) is 6. The van der Waals surface area contributed by atoms with E-state index in [0.29, 0.717) is 12.2 Å². The average molecular weight is 279 g/mol. The number of benzene rings is 1. The predicted octanol–water partition coefficient (Wildman–Crippen LogP) is 1.48. The van der Waals surface area contributed by atoms with Gasteiger partial charge < -0.3 is 21.1 Å². The molecule has 0 saturated heterocycles. The molecule has 0 radical (unpaired) electrons. The molecule has 0 aliphatic carbocycles. The number of anilines is 1. The molecule has 1 unspecified atom stereocenters. The molecule has 0 fully saturated rings. The molecule has 1 aliphatic rings. The summed E-state index contributed by atoms with van der Waals surface area (Å²) in [5.74, 6) is -0.377. The Morgan fingerprint density at radius 2 is 2.37 bits per heavy atom. The third kappa shape index (κ3) is 3.42. The maximum absolute atomic E-state index is 11.6. The maximum Gasteiger partial charge on any atom is 0.336 e. The van der Waals surface area contributed by atoms with E-state index in [1.807, 2.05) is 24.3 Å². The van der Waals surface area contributed by atoms with Gasteiger partial charge in [0.15, 0.2) is 0 Å². The van der Waals surface area contributed by atoms with E-state index in [1.165, 1.54) is 4.90 Å². The molecule has 0 aromatic heterocycles. The van der Waals surface area contributed by atoms with Gasteiger partial charge in [0.2, 0.25) is 0 Å². The van der Waals surface area contributed by atoms with Crippen LogP contribution >= 0.6 is 11.8 Å². The third-order valence-electron chi connectivity index (χ3n) is 2.58. The standard InChI is InChI=1S/C13H17N3O2S/c1-2-18-12(17)9(7-14)8-15-13-16-10-5-3-4-6-11(10)19-13/h3-6,8,13,15-16H,2,7,14H2,1H3/b9-8+. The van der Waals surface area contributed by atoms with Crippen LogP contribution < -0.4 is 16.4 Å². The summed E-state index contributed by atoms with van der Waals surface area (Å²) in [5, 5.41) is 6.43. The second kappa shape index (κ2) is 6.49. The molecular formula is C13H17N3O2S. The summed E-state index contributed by atoms with van der Waals surface area (Å²) in [6, 6.07) is 8.04. The molecule has 2 rings (SSSR count). The number of carbonyl (C=O) groups is 1. The summed E-state index contributed by atoms with van der Waals surface area (Å²) in [7, 11) is 0. The first-order chi connectivity index (χ1) is 9.24. The average Bonchev–Trinajstić information content (AvgIpc) is 2.82. The van der Waals surface area contributed by atoms with Crippen molar-refractivity contribution in [1.29, 1.82) is 0 Å². The minimum atomic E-state index is -0.377. The van der Waals surface area contributed by atoms with Crippen molar-refractivity contribution in [3.05, 3.63) is 36.0 Å². The van der Waals surface area contributed by atoms with Crippen molar-refractivity contribution < 1.29 is 9.53 Å². The summed E-state index contributed by atoms with van der Waals surface area (Å²) in [6.45, 7) is 2.26. The zero-order valence-corrected chi connectivity index (χ0v) is 11.5. The number of ether oxygens (including phenoxy) is 1. The lowest BCUT2D eigenvalue weighted by molar-refractivity contribution is -0.138. The maximum atomic E-state index is 11.6. The first-order valence-electron chi connectivity index (χ1n) is 6.09. The van der Waals surface area contributed by atoms with Crippen molar-refractivity contribution in [2.75, 3.05) is 18.5 Å². The minimum Gasteiger partial charge on any atom is -0.463 e. The van der Waals surface area contributed by atoms with Gasteiger partial charge in [-0.25, -0.2) is 4.79 Å². The predicted molar refractivity (Wildman–Crippen MR) is 76.6 cm³/mol. The Kier molecular flexibility index (Phi) is 4.70. The van der Waals surface area contributed by atoms with Crippen molar-refractivity contribution >= 4 is 23.4 Å². The molecule has 19 heavy (non-hydrogen) atoms. The van der Waals surface area contributed by atoms with Crippen LogP contribution in [0.15, 0.2) is 40.9 Å². The molecule has 1 aliphatic heterocycles. The fourth-order valence-corrected chi connectivity index (χ4v) is 2.65. The van der Waals surface area contributed by atoms with Crippen LogP contribution in [0.25, 0.3) is 0 Å². The first-order valence-corrected chi connectivity index (χ1v) is 6.97. The number of fused-ring (bicyclic) bond motifs is 1. The highest BCUT2D eigenvalue weighted by Crippen LogP contribution is 2.36. The fraction of sp³-hybridized carbons (Fsp3) is 0.308. The smallest absolute Gasteiger partial charge is 0.336 e. The number of hydrogen-bond donors (Lipinski definition) is 3. The Morgan fingerprint density at radius 1 is 1.58 bits per heavy atom. The lowest BCUT2D eigenvalue weighted by Crippen LogP contribution is -2.28. The largest absolute Gasteiger partial charge is 0.463 e. The quantitative estimate of drug-likeness (QED) is 0.560. The van der Waals surface area contributed by atoms with Crippen LogP contribution in [0.1, 0.15) is 6.92 Å². The van der Waals surface area contributed by atoms with E-state index < -0.39 is 0 Å². The number of rotatable bonds is 5. The number of nitrogens with one attached hydrogen (secondary N) is 2. The number of nitrogens with two attached hydrogens (primary N) is 1. The lowest BCUT2D eigenvalue weighted by atomic mass is 10.3. The second-order valence-corrected chi connectivity index (χ2v) is 5.05.